The fraction of sp³-hybridized carbons (Fsp3) is 0.0385. The smallest absolute Gasteiger partial charge is 0.0207 e. The molecule has 3 aliphatic rings. The van der Waals surface area contributed by atoms with E-state index in [4.69, 9.17) is 0 Å². The van der Waals surface area contributed by atoms with Gasteiger partial charge in [-0.3, -0.25) is 0 Å². The molecule has 2 heteroatoms. The van der Waals surface area contributed by atoms with Gasteiger partial charge in [-0.15, -0.1) is 0 Å². The zero-order chi connectivity index (χ0) is 35.3. The molecule has 12 rings (SSSR count). The highest BCUT2D eigenvalue weighted by atomic mass is 32.2. The molecule has 0 amide bonds. The van der Waals surface area contributed by atoms with Gasteiger partial charge in [-0.1, -0.05) is 175 Å². The van der Waals surface area contributed by atoms with E-state index < -0.39 is 0 Å². The highest BCUT2D eigenvalue weighted by Gasteiger charge is 2.25. The van der Waals surface area contributed by atoms with Crippen molar-refractivity contribution < 1.29 is 0 Å². The van der Waals surface area contributed by atoms with Crippen molar-refractivity contribution in [3.63, 3.8) is 0 Å². The minimum atomic E-state index is 1.12. The highest BCUT2D eigenvalue weighted by molar-refractivity contribution is 8.04. The molecule has 0 unspecified atom stereocenters. The van der Waals surface area contributed by atoms with Crippen LogP contribution in [0.15, 0.2) is 189 Å². The third kappa shape index (κ3) is 4.42. The van der Waals surface area contributed by atoms with Gasteiger partial charge >= 0.3 is 0 Å². The maximum absolute atomic E-state index is 2.44. The fourth-order valence-electron chi connectivity index (χ4n) is 9.38. The summed E-state index contributed by atoms with van der Waals surface area (Å²) in [5.74, 6) is 0. The van der Waals surface area contributed by atoms with Crippen LogP contribution in [0.3, 0.4) is 0 Å². The lowest BCUT2D eigenvalue weighted by molar-refractivity contribution is 1.04. The number of fused-ring (bicyclic) bond motifs is 6. The predicted molar refractivity (Wildman–Crippen MR) is 233 cm³/mol. The summed E-state index contributed by atoms with van der Waals surface area (Å²) in [7, 11) is 0. The van der Waals surface area contributed by atoms with E-state index in [2.05, 4.69) is 170 Å². The molecule has 2 heterocycles. The number of benzene rings is 9. The van der Waals surface area contributed by atoms with Gasteiger partial charge in [0.2, 0.25) is 0 Å². The third-order valence-electron chi connectivity index (χ3n) is 11.7. The molecular formula is C52H32S2. The van der Waals surface area contributed by atoms with Crippen molar-refractivity contribution in [2.24, 2.45) is 0 Å². The standard InChI is InChI=1S/C52H32S2/c1-3-13-33-31(11-1)35(23-25-37(33)39-27-29-49-51-43(39)17-9-19-45(51)41-15-5-7-21-47(41)53-49)36-24-26-38(34-14-4-2-12-32(34)36)40-28-30-50-52-44(40)18-10-20-46(52)42-16-6-8-22-48(42)54-50/h1-5,7,9-30H,6,8H2. The van der Waals surface area contributed by atoms with Crippen LogP contribution in [0.25, 0.3) is 93.2 Å². The van der Waals surface area contributed by atoms with Crippen molar-refractivity contribution in [2.45, 2.75) is 27.5 Å². The predicted octanol–water partition coefficient (Wildman–Crippen LogP) is 15.6. The minimum Gasteiger partial charge on any atom is -0.0891 e. The van der Waals surface area contributed by atoms with Crippen LogP contribution in [0.2, 0.25) is 0 Å². The van der Waals surface area contributed by atoms with Crippen LogP contribution < -0.4 is 0 Å². The second-order valence-corrected chi connectivity index (χ2v) is 16.7. The molecule has 54 heavy (non-hydrogen) atoms. The van der Waals surface area contributed by atoms with Gasteiger partial charge in [0.05, 0.1) is 0 Å². The molecule has 0 fully saturated rings. The molecule has 0 saturated carbocycles. The van der Waals surface area contributed by atoms with Crippen LogP contribution in [-0.2, 0) is 0 Å². The van der Waals surface area contributed by atoms with Crippen molar-refractivity contribution in [1.82, 2.24) is 0 Å². The molecule has 0 spiro atoms. The number of rotatable bonds is 3. The Labute approximate surface area is 322 Å². The molecule has 1 aliphatic carbocycles. The molecule has 9 aromatic carbocycles. The van der Waals surface area contributed by atoms with Gasteiger partial charge in [0, 0.05) is 30.4 Å². The molecule has 0 bridgehead atoms. The summed E-state index contributed by atoms with van der Waals surface area (Å²) in [6.07, 6.45) is 7.11. The summed E-state index contributed by atoms with van der Waals surface area (Å²) >= 11 is 3.82. The molecule has 0 saturated heterocycles. The molecule has 252 valence electrons. The fourth-order valence-corrected chi connectivity index (χ4v) is 11.7. The Morgan fingerprint density at radius 3 is 1.31 bits per heavy atom. The van der Waals surface area contributed by atoms with Crippen LogP contribution in [0.4, 0.5) is 0 Å². The van der Waals surface area contributed by atoms with Gasteiger partial charge in [-0.25, -0.2) is 0 Å². The van der Waals surface area contributed by atoms with Crippen molar-refractivity contribution >= 4 is 72.2 Å². The van der Waals surface area contributed by atoms with Crippen LogP contribution >= 0.6 is 23.5 Å². The molecule has 2 aliphatic heterocycles. The topological polar surface area (TPSA) is 0 Å². The summed E-state index contributed by atoms with van der Waals surface area (Å²) in [6.45, 7) is 0. The molecule has 0 nitrogen and oxygen atoms in total. The van der Waals surface area contributed by atoms with E-state index in [0.29, 0.717) is 0 Å². The van der Waals surface area contributed by atoms with Gasteiger partial charge < -0.3 is 0 Å². The Balaban J connectivity index is 1.03. The summed E-state index contributed by atoms with van der Waals surface area (Å²) in [5, 5.41) is 10.5. The van der Waals surface area contributed by atoms with Crippen LogP contribution in [-0.4, -0.2) is 0 Å². The van der Waals surface area contributed by atoms with Crippen LogP contribution in [0.1, 0.15) is 18.4 Å². The van der Waals surface area contributed by atoms with Crippen LogP contribution in [0.5, 0.6) is 0 Å². The number of allylic oxidation sites excluding steroid dienone is 3. The lowest BCUT2D eigenvalue weighted by atomic mass is 9.85. The van der Waals surface area contributed by atoms with Gasteiger partial charge in [0.25, 0.3) is 0 Å². The zero-order valence-electron chi connectivity index (χ0n) is 29.4. The van der Waals surface area contributed by atoms with Crippen molar-refractivity contribution in [3.8, 4) is 44.5 Å². The minimum absolute atomic E-state index is 1.12. The van der Waals surface area contributed by atoms with E-state index in [1.165, 1.54) is 118 Å². The average molecular weight is 721 g/mol. The first-order chi connectivity index (χ1) is 26.8. The first-order valence-electron chi connectivity index (χ1n) is 18.8. The molecule has 0 N–H and O–H groups in total. The average Bonchev–Trinajstić information content (AvgIpc) is 3.24. The summed E-state index contributed by atoms with van der Waals surface area (Å²) < 4.78 is 0. The van der Waals surface area contributed by atoms with Crippen molar-refractivity contribution in [2.75, 3.05) is 0 Å². The highest BCUT2D eigenvalue weighted by Crippen LogP contribution is 2.53. The normalized spacial score (nSPS) is 14.2. The first-order valence-corrected chi connectivity index (χ1v) is 20.5. The lowest BCUT2D eigenvalue weighted by Gasteiger charge is -2.26. The molecule has 0 radical (unpaired) electrons. The first kappa shape index (κ1) is 30.6. The monoisotopic (exact) mass is 720 g/mol. The summed E-state index contributed by atoms with van der Waals surface area (Å²) in [5.41, 5.74) is 13.1. The van der Waals surface area contributed by atoms with E-state index in [0.717, 1.165) is 12.8 Å². The zero-order valence-corrected chi connectivity index (χ0v) is 31.0. The van der Waals surface area contributed by atoms with Gasteiger partial charge in [-0.2, -0.15) is 0 Å². The second-order valence-electron chi connectivity index (χ2n) is 14.6. The summed E-state index contributed by atoms with van der Waals surface area (Å²) in [6, 6.07) is 59.4. The van der Waals surface area contributed by atoms with E-state index in [-0.39, 0.29) is 0 Å². The number of hydrogen-bond acceptors (Lipinski definition) is 2. The third-order valence-corrected chi connectivity index (χ3v) is 14.0. The lowest BCUT2D eigenvalue weighted by Crippen LogP contribution is -2.00. The molecule has 0 aromatic heterocycles. The van der Waals surface area contributed by atoms with E-state index >= 15 is 0 Å². The van der Waals surface area contributed by atoms with Crippen LogP contribution in [0, 0.1) is 0 Å². The van der Waals surface area contributed by atoms with Crippen molar-refractivity contribution in [1.29, 1.82) is 0 Å². The second kappa shape index (κ2) is 11.9. The molecular weight excluding hydrogens is 689 g/mol. The molecule has 0 atom stereocenters. The van der Waals surface area contributed by atoms with Gasteiger partial charge in [0.15, 0.2) is 0 Å². The van der Waals surface area contributed by atoms with Crippen molar-refractivity contribution in [3.05, 3.63) is 180 Å². The van der Waals surface area contributed by atoms with E-state index in [1.807, 2.05) is 23.5 Å². The summed E-state index contributed by atoms with van der Waals surface area (Å²) in [4.78, 5) is 5.43. The van der Waals surface area contributed by atoms with Gasteiger partial charge in [0.1, 0.15) is 0 Å². The Morgan fingerprint density at radius 2 is 0.704 bits per heavy atom. The Morgan fingerprint density at radius 1 is 0.278 bits per heavy atom. The van der Waals surface area contributed by atoms with Gasteiger partial charge in [-0.05, 0) is 119 Å². The van der Waals surface area contributed by atoms with E-state index in [1.54, 1.807) is 0 Å². The number of hydrogen-bond donors (Lipinski definition) is 0. The SMILES string of the molecule is C1=C2Sc3ccc(-c4ccc(-c5ccc(-c6ccc7c8c(cccc68)-c6ccccc6S7)c6ccccc56)c5ccccc45)c4cccc(c34)C2=CCC1. The quantitative estimate of drug-likeness (QED) is 0.178. The maximum Gasteiger partial charge on any atom is 0.0207 e. The molecule has 9 aromatic rings. The Hall–Kier alpha value is -5.80. The maximum atomic E-state index is 2.44. The Kier molecular flexibility index (Phi) is 6.72. The van der Waals surface area contributed by atoms with E-state index in [9.17, 15) is 0 Å². The largest absolute Gasteiger partial charge is 0.0891 e. The Bertz CT molecular complexity index is 3160. The number of thioether (sulfide) groups is 1.